The van der Waals surface area contributed by atoms with E-state index in [2.05, 4.69) is 9.97 Å². The fraction of sp³-hybridized carbons (Fsp3) is 0.286. The number of carbonyl (C=O) groups excluding carboxylic acids is 1. The van der Waals surface area contributed by atoms with E-state index >= 15 is 0 Å². The van der Waals surface area contributed by atoms with Gasteiger partial charge in [0.15, 0.2) is 0 Å². The highest BCUT2D eigenvalue weighted by atomic mass is 16.4. The molecule has 2 aromatic heterocycles. The van der Waals surface area contributed by atoms with Gasteiger partial charge in [-0.3, -0.25) is 14.4 Å². The number of nitrogens with one attached hydrogen (secondary N) is 1. The van der Waals surface area contributed by atoms with E-state index in [4.69, 9.17) is 10.8 Å². The number of aliphatic carboxylic acids is 1. The summed E-state index contributed by atoms with van der Waals surface area (Å²) in [6, 6.07) is 5.07. The number of rotatable bonds is 6. The van der Waals surface area contributed by atoms with E-state index in [1.165, 1.54) is 0 Å². The molecule has 2 rings (SSSR count). The SMILES string of the molecule is NCCN(CC(=O)O)C(=O)Cc1cc2cccnc2[nH]c1=O. The average Bonchev–Trinajstić information content (AvgIpc) is 2.47. The maximum absolute atomic E-state index is 12.2. The molecule has 2 aromatic rings. The quantitative estimate of drug-likeness (QED) is 0.649. The molecule has 0 aromatic carbocycles. The molecular formula is C14H16N4O4. The van der Waals surface area contributed by atoms with Crippen molar-refractivity contribution >= 4 is 22.9 Å². The summed E-state index contributed by atoms with van der Waals surface area (Å²) in [6.07, 6.45) is 1.37. The van der Waals surface area contributed by atoms with Crippen LogP contribution < -0.4 is 11.3 Å². The second kappa shape index (κ2) is 6.81. The predicted molar refractivity (Wildman–Crippen MR) is 79.3 cm³/mol. The van der Waals surface area contributed by atoms with Crippen molar-refractivity contribution in [2.45, 2.75) is 6.42 Å². The monoisotopic (exact) mass is 304 g/mol. The first kappa shape index (κ1) is 15.6. The maximum Gasteiger partial charge on any atom is 0.323 e. The summed E-state index contributed by atoms with van der Waals surface area (Å²) in [6.45, 7) is -0.168. The molecule has 0 saturated heterocycles. The first-order chi connectivity index (χ1) is 10.5. The largest absolute Gasteiger partial charge is 0.480 e. The van der Waals surface area contributed by atoms with Crippen molar-refractivity contribution in [3.05, 3.63) is 40.3 Å². The first-order valence-electron chi connectivity index (χ1n) is 6.68. The molecule has 2 heterocycles. The van der Waals surface area contributed by atoms with E-state index < -0.39 is 24.0 Å². The van der Waals surface area contributed by atoms with Crippen LogP contribution in [0, 0.1) is 0 Å². The van der Waals surface area contributed by atoms with Crippen LogP contribution in [-0.2, 0) is 16.0 Å². The summed E-state index contributed by atoms with van der Waals surface area (Å²) in [7, 11) is 0. The van der Waals surface area contributed by atoms with Crippen molar-refractivity contribution in [2.24, 2.45) is 5.73 Å². The summed E-state index contributed by atoms with van der Waals surface area (Å²) in [5.41, 5.74) is 5.66. The molecule has 0 atom stereocenters. The molecule has 22 heavy (non-hydrogen) atoms. The molecule has 0 aliphatic carbocycles. The van der Waals surface area contributed by atoms with Gasteiger partial charge in [-0.1, -0.05) is 0 Å². The van der Waals surface area contributed by atoms with E-state index in [0.717, 1.165) is 4.90 Å². The van der Waals surface area contributed by atoms with E-state index in [1.54, 1.807) is 24.4 Å². The fourth-order valence-electron chi connectivity index (χ4n) is 2.10. The summed E-state index contributed by atoms with van der Waals surface area (Å²) in [5, 5.41) is 9.51. The van der Waals surface area contributed by atoms with Crippen LogP contribution in [0.25, 0.3) is 11.0 Å². The van der Waals surface area contributed by atoms with Gasteiger partial charge in [-0.25, -0.2) is 4.98 Å². The third-order valence-electron chi connectivity index (χ3n) is 3.11. The van der Waals surface area contributed by atoms with Crippen LogP contribution in [-0.4, -0.2) is 51.5 Å². The highest BCUT2D eigenvalue weighted by molar-refractivity contribution is 5.84. The lowest BCUT2D eigenvalue weighted by Crippen LogP contribution is -2.40. The Bertz CT molecular complexity index is 756. The number of carboxylic acid groups (broad SMARTS) is 1. The van der Waals surface area contributed by atoms with Crippen molar-refractivity contribution in [2.75, 3.05) is 19.6 Å². The Morgan fingerprint density at radius 3 is 2.86 bits per heavy atom. The zero-order valence-corrected chi connectivity index (χ0v) is 11.8. The number of fused-ring (bicyclic) bond motifs is 1. The van der Waals surface area contributed by atoms with Gasteiger partial charge in [0.1, 0.15) is 12.2 Å². The van der Waals surface area contributed by atoms with E-state index in [9.17, 15) is 14.4 Å². The molecular weight excluding hydrogens is 288 g/mol. The zero-order valence-electron chi connectivity index (χ0n) is 11.8. The minimum atomic E-state index is -1.13. The fourth-order valence-corrected chi connectivity index (χ4v) is 2.10. The number of amides is 1. The number of carbonyl (C=O) groups is 2. The smallest absolute Gasteiger partial charge is 0.323 e. The number of hydrogen-bond acceptors (Lipinski definition) is 5. The Morgan fingerprint density at radius 1 is 1.41 bits per heavy atom. The Hall–Kier alpha value is -2.74. The Kier molecular flexibility index (Phi) is 4.84. The molecule has 0 aliphatic rings. The van der Waals surface area contributed by atoms with Gasteiger partial charge in [0.2, 0.25) is 5.91 Å². The average molecular weight is 304 g/mol. The van der Waals surface area contributed by atoms with E-state index in [1.807, 2.05) is 0 Å². The van der Waals surface area contributed by atoms with Crippen LogP contribution in [0.3, 0.4) is 0 Å². The third-order valence-corrected chi connectivity index (χ3v) is 3.11. The van der Waals surface area contributed by atoms with Crippen LogP contribution in [0.15, 0.2) is 29.2 Å². The Labute approximate surface area is 125 Å². The molecule has 0 fully saturated rings. The van der Waals surface area contributed by atoms with Crippen molar-refractivity contribution in [3.63, 3.8) is 0 Å². The number of H-pyrrole nitrogens is 1. The number of aromatic nitrogens is 2. The van der Waals surface area contributed by atoms with Gasteiger partial charge in [0.05, 0.1) is 6.42 Å². The summed E-state index contributed by atoms with van der Waals surface area (Å²) >= 11 is 0. The standard InChI is InChI=1S/C14H16N4O4/c15-3-5-18(8-12(20)21)11(19)7-10-6-9-2-1-4-16-13(9)17-14(10)22/h1-2,4,6H,3,5,7-8,15H2,(H,20,21)(H,16,17,22). The Morgan fingerprint density at radius 2 is 2.18 bits per heavy atom. The number of hydrogen-bond donors (Lipinski definition) is 3. The molecule has 116 valence electrons. The van der Waals surface area contributed by atoms with Crippen LogP contribution in [0.4, 0.5) is 0 Å². The lowest BCUT2D eigenvalue weighted by molar-refractivity contribution is -0.144. The van der Waals surface area contributed by atoms with Gasteiger partial charge in [0.25, 0.3) is 5.56 Å². The minimum absolute atomic E-state index is 0.123. The molecule has 0 aliphatic heterocycles. The van der Waals surface area contributed by atoms with Crippen LogP contribution >= 0.6 is 0 Å². The molecule has 0 unspecified atom stereocenters. The lowest BCUT2D eigenvalue weighted by atomic mass is 10.1. The summed E-state index contributed by atoms with van der Waals surface area (Å²) < 4.78 is 0. The third kappa shape index (κ3) is 3.67. The Balaban J connectivity index is 2.24. The normalized spacial score (nSPS) is 10.6. The van der Waals surface area contributed by atoms with Gasteiger partial charge in [-0.05, 0) is 18.2 Å². The maximum atomic E-state index is 12.2. The van der Waals surface area contributed by atoms with Gasteiger partial charge < -0.3 is 20.7 Å². The van der Waals surface area contributed by atoms with Gasteiger partial charge >= 0.3 is 5.97 Å². The number of aromatic amines is 1. The molecule has 8 heteroatoms. The molecule has 0 bridgehead atoms. The number of pyridine rings is 2. The molecule has 8 nitrogen and oxygen atoms in total. The van der Waals surface area contributed by atoms with Crippen molar-refractivity contribution < 1.29 is 14.7 Å². The zero-order chi connectivity index (χ0) is 16.1. The predicted octanol–water partition coefficient (Wildman–Crippen LogP) is -0.662. The lowest BCUT2D eigenvalue weighted by Gasteiger charge is -2.19. The number of nitrogens with two attached hydrogens (primary N) is 1. The molecule has 0 radical (unpaired) electrons. The highest BCUT2D eigenvalue weighted by Gasteiger charge is 2.18. The highest BCUT2D eigenvalue weighted by Crippen LogP contribution is 2.08. The number of nitrogens with zero attached hydrogens (tertiary/aromatic N) is 2. The van der Waals surface area contributed by atoms with Crippen molar-refractivity contribution in [1.82, 2.24) is 14.9 Å². The second-order valence-corrected chi connectivity index (χ2v) is 4.74. The van der Waals surface area contributed by atoms with Crippen LogP contribution in [0.5, 0.6) is 0 Å². The molecule has 0 saturated carbocycles. The van der Waals surface area contributed by atoms with Gasteiger partial charge in [0, 0.05) is 30.2 Å². The summed E-state index contributed by atoms with van der Waals surface area (Å²) in [5.74, 6) is -1.58. The molecule has 4 N–H and O–H groups in total. The van der Waals surface area contributed by atoms with Crippen LogP contribution in [0.1, 0.15) is 5.56 Å². The summed E-state index contributed by atoms with van der Waals surface area (Å²) in [4.78, 5) is 42.6. The second-order valence-electron chi connectivity index (χ2n) is 4.74. The van der Waals surface area contributed by atoms with Gasteiger partial charge in [-0.2, -0.15) is 0 Å². The van der Waals surface area contributed by atoms with E-state index in [-0.39, 0.29) is 25.1 Å². The minimum Gasteiger partial charge on any atom is -0.480 e. The topological polar surface area (TPSA) is 129 Å². The van der Waals surface area contributed by atoms with E-state index in [0.29, 0.717) is 11.0 Å². The molecule has 0 spiro atoms. The van der Waals surface area contributed by atoms with Crippen molar-refractivity contribution in [1.29, 1.82) is 0 Å². The van der Waals surface area contributed by atoms with Crippen LogP contribution in [0.2, 0.25) is 0 Å². The molecule has 1 amide bonds. The van der Waals surface area contributed by atoms with Gasteiger partial charge in [-0.15, -0.1) is 0 Å². The number of carboxylic acids is 1. The van der Waals surface area contributed by atoms with Crippen molar-refractivity contribution in [3.8, 4) is 0 Å². The first-order valence-corrected chi connectivity index (χ1v) is 6.68.